The molecule has 3 rings (SSSR count). The van der Waals surface area contributed by atoms with Crippen molar-refractivity contribution in [2.75, 3.05) is 0 Å². The van der Waals surface area contributed by atoms with Crippen LogP contribution in [0.15, 0.2) is 34.7 Å². The normalized spacial score (nSPS) is 14.6. The van der Waals surface area contributed by atoms with E-state index in [0.29, 0.717) is 11.3 Å². The molecule has 0 aliphatic heterocycles. The van der Waals surface area contributed by atoms with Gasteiger partial charge in [-0.25, -0.2) is 0 Å². The fourth-order valence-corrected chi connectivity index (χ4v) is 3.34. The Morgan fingerprint density at radius 1 is 1.11 bits per heavy atom. The number of furan rings is 1. The topological polar surface area (TPSA) is 114 Å². The van der Waals surface area contributed by atoms with Gasteiger partial charge in [-0.05, 0) is 31.0 Å². The molecular formula is C18H18ClN3O5. The van der Waals surface area contributed by atoms with E-state index in [2.05, 4.69) is 10.9 Å². The molecule has 27 heavy (non-hydrogen) atoms. The smallest absolute Gasteiger partial charge is 0.305 e. The number of nitro groups is 1. The number of amides is 2. The van der Waals surface area contributed by atoms with Gasteiger partial charge < -0.3 is 4.42 Å². The second kappa shape index (κ2) is 8.22. The van der Waals surface area contributed by atoms with Gasteiger partial charge in [-0.2, -0.15) is 0 Å². The number of hydrazine groups is 1. The lowest BCUT2D eigenvalue weighted by atomic mass is 9.89. The van der Waals surface area contributed by atoms with Crippen LogP contribution in [0.25, 0.3) is 11.3 Å². The average molecular weight is 392 g/mol. The molecule has 0 saturated heterocycles. The summed E-state index contributed by atoms with van der Waals surface area (Å²) < 4.78 is 5.47. The molecule has 1 aromatic heterocycles. The highest BCUT2D eigenvalue weighted by atomic mass is 35.5. The predicted octanol–water partition coefficient (Wildman–Crippen LogP) is 3.85. The Kier molecular flexibility index (Phi) is 5.75. The third kappa shape index (κ3) is 4.46. The Bertz CT molecular complexity index is 874. The number of nitrogens with zero attached hydrogens (tertiary/aromatic N) is 1. The molecule has 1 aliphatic rings. The summed E-state index contributed by atoms with van der Waals surface area (Å²) in [6.07, 6.45) is 4.82. The van der Waals surface area contributed by atoms with Gasteiger partial charge in [0.1, 0.15) is 5.76 Å². The summed E-state index contributed by atoms with van der Waals surface area (Å²) in [7, 11) is 0. The van der Waals surface area contributed by atoms with Gasteiger partial charge in [0, 0.05) is 23.6 Å². The molecule has 1 heterocycles. The van der Waals surface area contributed by atoms with Crippen LogP contribution in [-0.4, -0.2) is 16.7 Å². The summed E-state index contributed by atoms with van der Waals surface area (Å²) >= 11 is 6.06. The van der Waals surface area contributed by atoms with E-state index in [9.17, 15) is 19.7 Å². The summed E-state index contributed by atoms with van der Waals surface area (Å²) in [4.78, 5) is 34.4. The van der Waals surface area contributed by atoms with Crippen LogP contribution in [0.3, 0.4) is 0 Å². The predicted molar refractivity (Wildman–Crippen MR) is 98.0 cm³/mol. The number of hydrogen-bond acceptors (Lipinski definition) is 5. The quantitative estimate of drug-likeness (QED) is 0.606. The average Bonchev–Trinajstić information content (AvgIpc) is 3.16. The second-order valence-electron chi connectivity index (χ2n) is 6.36. The van der Waals surface area contributed by atoms with Crippen LogP contribution >= 0.6 is 11.6 Å². The van der Waals surface area contributed by atoms with Crippen LogP contribution in [0, 0.1) is 16.0 Å². The molecule has 1 saturated carbocycles. The molecule has 9 heteroatoms. The number of non-ortho nitro benzene ring substituents is 1. The Morgan fingerprint density at radius 3 is 2.52 bits per heavy atom. The molecule has 2 aromatic rings. The first kappa shape index (κ1) is 18.9. The molecule has 2 amide bonds. The Labute approximate surface area is 160 Å². The van der Waals surface area contributed by atoms with Gasteiger partial charge in [0.25, 0.3) is 5.69 Å². The molecular weight excluding hydrogens is 374 g/mol. The van der Waals surface area contributed by atoms with E-state index in [1.807, 2.05) is 0 Å². The molecule has 1 fully saturated rings. The van der Waals surface area contributed by atoms with Gasteiger partial charge in [-0.3, -0.25) is 30.6 Å². The van der Waals surface area contributed by atoms with E-state index in [-0.39, 0.29) is 28.3 Å². The minimum absolute atomic E-state index is 0.0108. The minimum atomic E-state index is -0.594. The van der Waals surface area contributed by atoms with Crippen molar-refractivity contribution >= 4 is 29.1 Å². The molecule has 0 atom stereocenters. The molecule has 2 N–H and O–H groups in total. The van der Waals surface area contributed by atoms with Crippen molar-refractivity contribution < 1.29 is 18.9 Å². The van der Waals surface area contributed by atoms with Gasteiger partial charge in [0.15, 0.2) is 5.76 Å². The van der Waals surface area contributed by atoms with Crippen LogP contribution in [-0.2, 0) is 4.79 Å². The third-order valence-corrected chi connectivity index (χ3v) is 4.85. The summed E-state index contributed by atoms with van der Waals surface area (Å²) in [5.74, 6) is -0.594. The summed E-state index contributed by atoms with van der Waals surface area (Å²) in [6, 6.07) is 6.93. The van der Waals surface area contributed by atoms with E-state index in [4.69, 9.17) is 16.0 Å². The van der Waals surface area contributed by atoms with Crippen LogP contribution < -0.4 is 10.9 Å². The monoisotopic (exact) mass is 391 g/mol. The van der Waals surface area contributed by atoms with Gasteiger partial charge in [-0.15, -0.1) is 0 Å². The number of nitro benzene ring substituents is 1. The standard InChI is InChI=1S/C18H18ClN3O5/c19-14-10-12(22(25)26)6-7-13(14)15-8-9-16(27-15)18(24)21-20-17(23)11-4-2-1-3-5-11/h6-11H,1-5H2,(H,20,23)(H,21,24). The van der Waals surface area contributed by atoms with Crippen molar-refractivity contribution in [3.63, 3.8) is 0 Å². The molecule has 0 radical (unpaired) electrons. The molecule has 1 aromatic carbocycles. The van der Waals surface area contributed by atoms with Gasteiger partial charge in [-0.1, -0.05) is 30.9 Å². The minimum Gasteiger partial charge on any atom is -0.451 e. The molecule has 142 valence electrons. The molecule has 0 bridgehead atoms. The van der Waals surface area contributed by atoms with Crippen molar-refractivity contribution in [3.05, 3.63) is 51.2 Å². The maximum absolute atomic E-state index is 12.2. The van der Waals surface area contributed by atoms with Crippen molar-refractivity contribution in [1.29, 1.82) is 0 Å². The maximum Gasteiger partial charge on any atom is 0.305 e. The number of halogens is 1. The number of carbonyl (C=O) groups excluding carboxylic acids is 2. The molecule has 0 unspecified atom stereocenters. The number of carbonyl (C=O) groups is 2. The zero-order valence-corrected chi connectivity index (χ0v) is 15.1. The largest absolute Gasteiger partial charge is 0.451 e. The van der Waals surface area contributed by atoms with Gasteiger partial charge in [0.2, 0.25) is 5.91 Å². The van der Waals surface area contributed by atoms with E-state index in [1.54, 1.807) is 0 Å². The van der Waals surface area contributed by atoms with Crippen molar-refractivity contribution in [1.82, 2.24) is 10.9 Å². The van der Waals surface area contributed by atoms with Crippen molar-refractivity contribution in [2.24, 2.45) is 5.92 Å². The van der Waals surface area contributed by atoms with Crippen LogP contribution in [0.4, 0.5) is 5.69 Å². The van der Waals surface area contributed by atoms with Crippen LogP contribution in [0.1, 0.15) is 42.7 Å². The zero-order valence-electron chi connectivity index (χ0n) is 14.4. The van der Waals surface area contributed by atoms with E-state index in [1.165, 1.54) is 30.3 Å². The Hall–Kier alpha value is -2.87. The number of rotatable bonds is 4. The van der Waals surface area contributed by atoms with Gasteiger partial charge in [0.05, 0.1) is 9.95 Å². The Morgan fingerprint density at radius 2 is 1.85 bits per heavy atom. The maximum atomic E-state index is 12.2. The summed E-state index contributed by atoms with van der Waals surface area (Å²) in [6.45, 7) is 0. The third-order valence-electron chi connectivity index (χ3n) is 4.53. The second-order valence-corrected chi connectivity index (χ2v) is 6.77. The highest BCUT2D eigenvalue weighted by Gasteiger charge is 2.22. The zero-order chi connectivity index (χ0) is 19.4. The van der Waals surface area contributed by atoms with E-state index in [0.717, 1.165) is 32.1 Å². The fourth-order valence-electron chi connectivity index (χ4n) is 3.07. The molecule has 0 spiro atoms. The highest BCUT2D eigenvalue weighted by molar-refractivity contribution is 6.33. The first-order valence-corrected chi connectivity index (χ1v) is 8.98. The highest BCUT2D eigenvalue weighted by Crippen LogP contribution is 2.32. The summed E-state index contributed by atoms with van der Waals surface area (Å²) in [5.41, 5.74) is 5.06. The molecule has 1 aliphatic carbocycles. The van der Waals surface area contributed by atoms with Crippen LogP contribution in [0.2, 0.25) is 5.02 Å². The van der Waals surface area contributed by atoms with Crippen molar-refractivity contribution in [2.45, 2.75) is 32.1 Å². The van der Waals surface area contributed by atoms with E-state index < -0.39 is 10.8 Å². The lowest BCUT2D eigenvalue weighted by molar-refractivity contribution is -0.384. The number of nitrogens with one attached hydrogen (secondary N) is 2. The summed E-state index contributed by atoms with van der Waals surface area (Å²) in [5, 5.41) is 10.9. The van der Waals surface area contributed by atoms with E-state index >= 15 is 0 Å². The van der Waals surface area contributed by atoms with Crippen LogP contribution in [0.5, 0.6) is 0 Å². The molecule has 8 nitrogen and oxygen atoms in total. The lowest BCUT2D eigenvalue weighted by Gasteiger charge is -2.20. The van der Waals surface area contributed by atoms with Gasteiger partial charge >= 0.3 is 5.91 Å². The van der Waals surface area contributed by atoms with Crippen molar-refractivity contribution in [3.8, 4) is 11.3 Å². The number of benzene rings is 1. The Balaban J connectivity index is 1.64. The number of hydrogen-bond donors (Lipinski definition) is 2. The first-order valence-electron chi connectivity index (χ1n) is 8.60. The lowest BCUT2D eigenvalue weighted by Crippen LogP contribution is -2.44. The first-order chi connectivity index (χ1) is 13.0. The fraction of sp³-hybridized carbons (Fsp3) is 0.333. The SMILES string of the molecule is O=C(NNC(=O)C1CCCCC1)c1ccc(-c2ccc([N+](=O)[O-])cc2Cl)o1.